The van der Waals surface area contributed by atoms with E-state index in [1.165, 1.54) is 0 Å². The minimum Gasteiger partial charge on any atom is -0.298 e. The first-order chi connectivity index (χ1) is 20.0. The maximum atomic E-state index is 13.7. The zero-order valence-corrected chi connectivity index (χ0v) is 22.4. The van der Waals surface area contributed by atoms with Crippen LogP contribution in [0.5, 0.6) is 0 Å². The Morgan fingerprint density at radius 3 is 2.17 bits per heavy atom. The molecular formula is C31H21F4N7. The van der Waals surface area contributed by atoms with Crippen LogP contribution in [0, 0.1) is 40.7 Å². The first-order valence-electron chi connectivity index (χ1n) is 12.7. The van der Waals surface area contributed by atoms with Gasteiger partial charge in [-0.3, -0.25) is 5.41 Å². The second kappa shape index (κ2) is 10.9. The summed E-state index contributed by atoms with van der Waals surface area (Å²) in [6.45, 7) is 7.40. The number of nitriles is 1. The molecule has 0 fully saturated rings. The Bertz CT molecular complexity index is 1840. The van der Waals surface area contributed by atoms with Gasteiger partial charge in [-0.1, -0.05) is 37.8 Å². The molecule has 0 saturated carbocycles. The summed E-state index contributed by atoms with van der Waals surface area (Å²) in [7, 11) is 0. The van der Waals surface area contributed by atoms with Crippen molar-refractivity contribution in [2.45, 2.75) is 25.9 Å². The van der Waals surface area contributed by atoms with Crippen LogP contribution in [0.3, 0.4) is 0 Å². The highest BCUT2D eigenvalue weighted by molar-refractivity contribution is 6.79. The number of fused-ring (bicyclic) bond motifs is 3. The van der Waals surface area contributed by atoms with Gasteiger partial charge in [0.15, 0.2) is 5.66 Å². The molecule has 5 rings (SSSR count). The predicted octanol–water partition coefficient (Wildman–Crippen LogP) is 6.57. The molecule has 1 aliphatic heterocycles. The SMILES string of the molecule is C=C(/C=C\C(=C\C(=NC#N)C1(C)N=C2C(=N)c3cc(-c4cc(F)nc(F)c4)ccc3C2=N1)CC)c1cc(F)nc(F)c1. The maximum absolute atomic E-state index is 13.7. The Balaban J connectivity index is 1.47. The second-order valence-electron chi connectivity index (χ2n) is 9.61. The standard InChI is InChI=1S/C31H21F4N7/c1-4-17(6-5-16(2)19-11-24(32)39-25(33)12-19)9-23(38-15-36)31(3)41-29-21-8-7-18(10-22(21)28(37)30(29)42-31)20-13-26(34)40-27(35)14-20/h5-14,37H,2,4H2,1,3H3/b6-5-,17-9+,37-28?,38-23?. The number of aromatic nitrogens is 2. The first kappa shape index (κ1) is 28.2. The van der Waals surface area contributed by atoms with Crippen LogP contribution in [0.1, 0.15) is 37.0 Å². The molecule has 1 aromatic carbocycles. The summed E-state index contributed by atoms with van der Waals surface area (Å²) in [5.74, 6) is -3.83. The fourth-order valence-electron chi connectivity index (χ4n) is 4.67. The highest BCUT2D eigenvalue weighted by atomic mass is 19.1. The fourth-order valence-corrected chi connectivity index (χ4v) is 4.67. The van der Waals surface area contributed by atoms with Crippen molar-refractivity contribution in [1.29, 1.82) is 10.7 Å². The maximum Gasteiger partial charge on any atom is 0.216 e. The molecule has 0 radical (unpaired) electrons. The van der Waals surface area contributed by atoms with Gasteiger partial charge in [0.25, 0.3) is 0 Å². The molecule has 1 unspecified atom stereocenters. The van der Waals surface area contributed by atoms with E-state index in [1.807, 2.05) is 6.92 Å². The molecular weight excluding hydrogens is 546 g/mol. The van der Waals surface area contributed by atoms with E-state index in [0.717, 1.165) is 24.3 Å². The molecule has 208 valence electrons. The monoisotopic (exact) mass is 567 g/mol. The number of halogens is 4. The summed E-state index contributed by atoms with van der Waals surface area (Å²) in [6.07, 6.45) is 7.22. The summed E-state index contributed by atoms with van der Waals surface area (Å²) in [5.41, 5.74) is 2.89. The zero-order valence-electron chi connectivity index (χ0n) is 22.4. The average molecular weight is 568 g/mol. The van der Waals surface area contributed by atoms with Crippen LogP contribution in [-0.4, -0.2) is 38.5 Å². The van der Waals surface area contributed by atoms with Crippen molar-refractivity contribution in [3.8, 4) is 17.3 Å². The van der Waals surface area contributed by atoms with Gasteiger partial charge in [-0.25, -0.2) is 9.98 Å². The Hall–Kier alpha value is -5.37. The van der Waals surface area contributed by atoms with E-state index in [0.29, 0.717) is 45.7 Å². The van der Waals surface area contributed by atoms with Crippen LogP contribution >= 0.6 is 0 Å². The minimum absolute atomic E-state index is 0.0772. The van der Waals surface area contributed by atoms with Gasteiger partial charge >= 0.3 is 0 Å². The molecule has 1 atom stereocenters. The van der Waals surface area contributed by atoms with E-state index in [9.17, 15) is 22.8 Å². The summed E-state index contributed by atoms with van der Waals surface area (Å²) in [6, 6.07) is 9.37. The van der Waals surface area contributed by atoms with Gasteiger partial charge in [0.05, 0.1) is 11.4 Å². The van der Waals surface area contributed by atoms with Crippen LogP contribution < -0.4 is 0 Å². The third-order valence-electron chi connectivity index (χ3n) is 6.78. The number of hydrogen-bond acceptors (Lipinski definition) is 7. The molecule has 0 spiro atoms. The van der Waals surface area contributed by atoms with Gasteiger partial charge in [-0.2, -0.15) is 37.8 Å². The van der Waals surface area contributed by atoms with Crippen LogP contribution in [0.15, 0.2) is 87.8 Å². The van der Waals surface area contributed by atoms with Crippen molar-refractivity contribution in [3.63, 3.8) is 0 Å². The molecule has 7 nitrogen and oxygen atoms in total. The van der Waals surface area contributed by atoms with Gasteiger partial charge in [-0.05, 0) is 53.3 Å². The summed E-state index contributed by atoms with van der Waals surface area (Å²) in [5, 5.41) is 18.2. The summed E-state index contributed by atoms with van der Waals surface area (Å²) in [4.78, 5) is 19.6. The van der Waals surface area contributed by atoms with E-state index < -0.39 is 29.5 Å². The molecule has 0 saturated heterocycles. The largest absolute Gasteiger partial charge is 0.298 e. The lowest BCUT2D eigenvalue weighted by Gasteiger charge is -2.18. The van der Waals surface area contributed by atoms with Gasteiger partial charge in [0.2, 0.25) is 30.0 Å². The van der Waals surface area contributed by atoms with E-state index in [4.69, 9.17) is 10.4 Å². The Morgan fingerprint density at radius 1 is 0.929 bits per heavy atom. The number of pyridine rings is 2. The van der Waals surface area contributed by atoms with Crippen LogP contribution in [-0.2, 0) is 0 Å². The quantitative estimate of drug-likeness (QED) is 0.115. The van der Waals surface area contributed by atoms with E-state index in [-0.39, 0.29) is 22.6 Å². The fraction of sp³-hybridized carbons (Fsp3) is 0.129. The van der Waals surface area contributed by atoms with Crippen LogP contribution in [0.2, 0.25) is 0 Å². The van der Waals surface area contributed by atoms with Crippen molar-refractivity contribution >= 4 is 28.4 Å². The Kier molecular flexibility index (Phi) is 7.31. The molecule has 2 aromatic heterocycles. The van der Waals surface area contributed by atoms with E-state index in [2.05, 4.69) is 26.5 Å². The first-order valence-corrected chi connectivity index (χ1v) is 12.7. The van der Waals surface area contributed by atoms with Crippen molar-refractivity contribution in [2.75, 3.05) is 0 Å². The highest BCUT2D eigenvalue weighted by Gasteiger charge is 2.42. The molecule has 1 N–H and O–H groups in total. The van der Waals surface area contributed by atoms with Crippen molar-refractivity contribution < 1.29 is 17.6 Å². The molecule has 0 amide bonds. The zero-order chi connectivity index (χ0) is 30.2. The Morgan fingerprint density at radius 2 is 1.55 bits per heavy atom. The van der Waals surface area contributed by atoms with Crippen molar-refractivity contribution in [1.82, 2.24) is 9.97 Å². The molecule has 2 aliphatic rings. The van der Waals surface area contributed by atoms with Crippen LogP contribution in [0.4, 0.5) is 17.6 Å². The molecule has 0 bridgehead atoms. The van der Waals surface area contributed by atoms with E-state index in [1.54, 1.807) is 49.5 Å². The van der Waals surface area contributed by atoms with Gasteiger partial charge in [0, 0.05) is 35.4 Å². The van der Waals surface area contributed by atoms with Gasteiger partial charge < -0.3 is 0 Å². The molecule has 42 heavy (non-hydrogen) atoms. The average Bonchev–Trinajstić information content (AvgIpc) is 3.42. The van der Waals surface area contributed by atoms with Crippen molar-refractivity contribution in [2.24, 2.45) is 15.0 Å². The second-order valence-corrected chi connectivity index (χ2v) is 9.61. The highest BCUT2D eigenvalue weighted by Crippen LogP contribution is 2.34. The molecule has 3 aromatic rings. The minimum atomic E-state index is -1.32. The molecule has 3 heterocycles. The lowest BCUT2D eigenvalue weighted by atomic mass is 9.99. The number of nitrogens with one attached hydrogen (secondary N) is 1. The van der Waals surface area contributed by atoms with E-state index >= 15 is 0 Å². The third kappa shape index (κ3) is 5.34. The smallest absolute Gasteiger partial charge is 0.216 e. The number of nitrogens with zero attached hydrogens (tertiary/aromatic N) is 6. The normalized spacial score (nSPS) is 18.1. The number of aliphatic imine (C=N–C) groups is 3. The van der Waals surface area contributed by atoms with Crippen LogP contribution in [0.25, 0.3) is 16.7 Å². The summed E-state index contributed by atoms with van der Waals surface area (Å²) < 4.78 is 54.4. The molecule has 11 heteroatoms. The topological polar surface area (TPSA) is 110 Å². The van der Waals surface area contributed by atoms with Crippen molar-refractivity contribution in [3.05, 3.63) is 113 Å². The number of benzene rings is 1. The number of rotatable bonds is 7. The molecule has 1 aliphatic carbocycles. The number of hydrogen-bond donors (Lipinski definition) is 1. The van der Waals surface area contributed by atoms with Gasteiger partial charge in [-0.15, -0.1) is 0 Å². The predicted molar refractivity (Wildman–Crippen MR) is 153 cm³/mol. The lowest BCUT2D eigenvalue weighted by molar-refractivity contribution is 0.511. The third-order valence-corrected chi connectivity index (χ3v) is 6.78. The summed E-state index contributed by atoms with van der Waals surface area (Å²) >= 11 is 0. The lowest BCUT2D eigenvalue weighted by Crippen LogP contribution is -2.29. The number of allylic oxidation sites excluding steroid dienone is 4. The Labute approximate surface area is 238 Å². The van der Waals surface area contributed by atoms with Gasteiger partial charge in [0.1, 0.15) is 11.4 Å².